The minimum Gasteiger partial charge on any atom is -0.462 e. The smallest absolute Gasteiger partial charge is 0.345 e. The van der Waals surface area contributed by atoms with Crippen molar-refractivity contribution >= 4 is 17.3 Å². The highest BCUT2D eigenvalue weighted by Gasteiger charge is 2.22. The molecular formula is C23H38N4O6. The van der Waals surface area contributed by atoms with E-state index in [1.165, 1.54) is 68.2 Å². The van der Waals surface area contributed by atoms with Crippen molar-refractivity contribution in [3.63, 3.8) is 0 Å². The van der Waals surface area contributed by atoms with Gasteiger partial charge in [-0.3, -0.25) is 15.1 Å². The second-order valence-corrected chi connectivity index (χ2v) is 7.87. The van der Waals surface area contributed by atoms with E-state index in [4.69, 9.17) is 14.9 Å². The second kappa shape index (κ2) is 17.9. The molecule has 0 atom stereocenters. The summed E-state index contributed by atoms with van der Waals surface area (Å²) in [7, 11) is 0. The van der Waals surface area contributed by atoms with E-state index in [1.807, 2.05) is 0 Å². The predicted octanol–water partition coefficient (Wildman–Crippen LogP) is 4.96. The molecule has 2 N–H and O–H groups in total. The monoisotopic (exact) mass is 466 g/mol. The third-order valence-electron chi connectivity index (χ3n) is 5.13. The molecule has 0 aliphatic heterocycles. The molecule has 0 aliphatic carbocycles. The molecule has 0 fully saturated rings. The molecule has 33 heavy (non-hydrogen) atoms. The molecule has 0 spiro atoms. The number of aliphatic hydroxyl groups excluding tert-OH is 2. The van der Waals surface area contributed by atoms with Gasteiger partial charge in [0, 0.05) is 6.07 Å². The van der Waals surface area contributed by atoms with Crippen LogP contribution in [0.25, 0.3) is 0 Å². The summed E-state index contributed by atoms with van der Waals surface area (Å²) in [5.74, 6) is -0.766. The summed E-state index contributed by atoms with van der Waals surface area (Å²) in [6.07, 6.45) is 11.6. The van der Waals surface area contributed by atoms with Crippen molar-refractivity contribution in [2.75, 3.05) is 32.9 Å². The number of carbonyl (C=O) groups is 1. The minimum absolute atomic E-state index is 0.171. The Morgan fingerprint density at radius 2 is 1.58 bits per heavy atom. The summed E-state index contributed by atoms with van der Waals surface area (Å²) in [5.41, 5.74) is -0.309. The number of carbonyl (C=O) groups excluding carboxylic acids is 1. The standard InChI is InChI=1S/C23H38N4O6/c1-2-3-4-5-6-7-8-9-10-11-18-33-23(30)21-19-20(12-13-22(21)27(31)32)24-25-26(14-16-28)15-17-29/h12-13,19,28-29H,2-11,14-18H2,1H3. The van der Waals surface area contributed by atoms with Gasteiger partial charge in [-0.1, -0.05) is 69.9 Å². The molecule has 10 nitrogen and oxygen atoms in total. The lowest BCUT2D eigenvalue weighted by atomic mass is 10.1. The lowest BCUT2D eigenvalue weighted by molar-refractivity contribution is -0.385. The normalized spacial score (nSPS) is 11.1. The SMILES string of the molecule is CCCCCCCCCCCCOC(=O)c1cc(N=NN(CCO)CCO)ccc1[N+](=O)[O-]. The summed E-state index contributed by atoms with van der Waals surface area (Å²) in [6, 6.07) is 3.82. The van der Waals surface area contributed by atoms with Gasteiger partial charge in [-0.05, 0) is 18.6 Å². The number of esters is 1. The Bertz CT molecular complexity index is 723. The number of nitrogens with zero attached hydrogens (tertiary/aromatic N) is 4. The molecule has 0 aliphatic rings. The third kappa shape index (κ3) is 12.3. The number of hydrogen-bond acceptors (Lipinski definition) is 8. The molecule has 0 radical (unpaired) electrons. The maximum atomic E-state index is 12.5. The Kier molecular flexibility index (Phi) is 15.4. The quantitative estimate of drug-likeness (QED) is 0.0966. The van der Waals surface area contributed by atoms with Crippen LogP contribution in [0.4, 0.5) is 11.4 Å². The zero-order valence-electron chi connectivity index (χ0n) is 19.7. The van der Waals surface area contributed by atoms with Crippen molar-refractivity contribution in [1.82, 2.24) is 5.01 Å². The Hall–Kier alpha value is -2.59. The number of rotatable bonds is 19. The summed E-state index contributed by atoms with van der Waals surface area (Å²) < 4.78 is 5.26. The lowest BCUT2D eigenvalue weighted by Crippen LogP contribution is -2.24. The first-order chi connectivity index (χ1) is 16.0. The van der Waals surface area contributed by atoms with Crippen molar-refractivity contribution in [2.24, 2.45) is 10.3 Å². The number of hydrogen-bond donors (Lipinski definition) is 2. The molecule has 186 valence electrons. The first-order valence-electron chi connectivity index (χ1n) is 11.9. The number of unbranched alkanes of at least 4 members (excludes halogenated alkanes) is 9. The van der Waals surface area contributed by atoms with Gasteiger partial charge in [0.1, 0.15) is 5.56 Å². The molecule has 0 amide bonds. The number of aliphatic hydroxyl groups is 2. The molecule has 10 heteroatoms. The average Bonchev–Trinajstić information content (AvgIpc) is 2.81. The molecule has 0 unspecified atom stereocenters. The van der Waals surface area contributed by atoms with Crippen LogP contribution in [-0.4, -0.2) is 59.0 Å². The van der Waals surface area contributed by atoms with Crippen LogP contribution < -0.4 is 0 Å². The lowest BCUT2D eigenvalue weighted by Gasteiger charge is -2.14. The zero-order chi connectivity index (χ0) is 24.3. The fourth-order valence-corrected chi connectivity index (χ4v) is 3.29. The van der Waals surface area contributed by atoms with Crippen LogP contribution in [0.2, 0.25) is 0 Å². The van der Waals surface area contributed by atoms with E-state index in [9.17, 15) is 14.9 Å². The predicted molar refractivity (Wildman–Crippen MR) is 125 cm³/mol. The number of ether oxygens (including phenoxy) is 1. The average molecular weight is 467 g/mol. The zero-order valence-corrected chi connectivity index (χ0v) is 19.7. The number of nitro benzene ring substituents is 1. The van der Waals surface area contributed by atoms with Crippen LogP contribution >= 0.6 is 0 Å². The molecule has 1 aromatic rings. The largest absolute Gasteiger partial charge is 0.462 e. The highest BCUT2D eigenvalue weighted by Crippen LogP contribution is 2.26. The minimum atomic E-state index is -0.766. The summed E-state index contributed by atoms with van der Waals surface area (Å²) in [5, 5.41) is 38.5. The summed E-state index contributed by atoms with van der Waals surface area (Å²) in [4.78, 5) is 23.1. The molecule has 0 saturated carbocycles. The molecule has 0 aromatic heterocycles. The van der Waals surface area contributed by atoms with Gasteiger partial charge in [0.15, 0.2) is 0 Å². The molecular weight excluding hydrogens is 428 g/mol. The van der Waals surface area contributed by atoms with E-state index >= 15 is 0 Å². The van der Waals surface area contributed by atoms with Crippen molar-refractivity contribution in [2.45, 2.75) is 71.1 Å². The maximum absolute atomic E-state index is 12.5. The van der Waals surface area contributed by atoms with Crippen LogP contribution in [0, 0.1) is 10.1 Å². The van der Waals surface area contributed by atoms with Gasteiger partial charge < -0.3 is 14.9 Å². The number of nitro groups is 1. The van der Waals surface area contributed by atoms with Gasteiger partial charge in [-0.2, -0.15) is 0 Å². The fourth-order valence-electron chi connectivity index (χ4n) is 3.29. The topological polar surface area (TPSA) is 138 Å². The van der Waals surface area contributed by atoms with Crippen LogP contribution in [0.5, 0.6) is 0 Å². The van der Waals surface area contributed by atoms with E-state index in [1.54, 1.807) is 0 Å². The van der Waals surface area contributed by atoms with E-state index in [0.29, 0.717) is 6.42 Å². The highest BCUT2D eigenvalue weighted by atomic mass is 16.6. The second-order valence-electron chi connectivity index (χ2n) is 7.87. The first-order valence-corrected chi connectivity index (χ1v) is 11.9. The van der Waals surface area contributed by atoms with Crippen LogP contribution in [0.15, 0.2) is 28.5 Å². The van der Waals surface area contributed by atoms with Gasteiger partial charge in [-0.25, -0.2) is 4.79 Å². The van der Waals surface area contributed by atoms with E-state index < -0.39 is 10.9 Å². The third-order valence-corrected chi connectivity index (χ3v) is 5.13. The van der Waals surface area contributed by atoms with E-state index in [2.05, 4.69) is 17.3 Å². The fraction of sp³-hybridized carbons (Fsp3) is 0.696. The maximum Gasteiger partial charge on any atom is 0.345 e. The molecule has 1 aromatic carbocycles. The van der Waals surface area contributed by atoms with Crippen molar-refractivity contribution in [1.29, 1.82) is 0 Å². The molecule has 0 heterocycles. The number of benzene rings is 1. The van der Waals surface area contributed by atoms with Crippen LogP contribution in [-0.2, 0) is 4.74 Å². The Balaban J connectivity index is 2.52. The van der Waals surface area contributed by atoms with Gasteiger partial charge in [0.05, 0.1) is 43.5 Å². The Morgan fingerprint density at radius 3 is 2.12 bits per heavy atom. The van der Waals surface area contributed by atoms with Crippen molar-refractivity contribution in [3.8, 4) is 0 Å². The van der Waals surface area contributed by atoms with Gasteiger partial charge >= 0.3 is 5.97 Å². The van der Waals surface area contributed by atoms with Gasteiger partial charge in [0.25, 0.3) is 5.69 Å². The van der Waals surface area contributed by atoms with E-state index in [0.717, 1.165) is 12.8 Å². The van der Waals surface area contributed by atoms with Gasteiger partial charge in [0.2, 0.25) is 0 Å². The molecule has 0 bridgehead atoms. The van der Waals surface area contributed by atoms with Crippen LogP contribution in [0.1, 0.15) is 81.5 Å². The Labute approximate surface area is 195 Å². The van der Waals surface area contributed by atoms with Crippen molar-refractivity contribution in [3.05, 3.63) is 33.9 Å². The highest BCUT2D eigenvalue weighted by molar-refractivity contribution is 5.94. The first kappa shape index (κ1) is 28.4. The molecule has 0 saturated heterocycles. The Morgan fingerprint density at radius 1 is 1.00 bits per heavy atom. The van der Waals surface area contributed by atoms with Crippen LogP contribution in [0.3, 0.4) is 0 Å². The van der Waals surface area contributed by atoms with Gasteiger partial charge in [-0.15, -0.1) is 5.11 Å². The van der Waals surface area contributed by atoms with Crippen molar-refractivity contribution < 1.29 is 24.7 Å². The summed E-state index contributed by atoms with van der Waals surface area (Å²) in [6.45, 7) is 2.42. The molecule has 1 rings (SSSR count). The summed E-state index contributed by atoms with van der Waals surface area (Å²) >= 11 is 0. The van der Waals surface area contributed by atoms with E-state index in [-0.39, 0.29) is 49.8 Å².